The second-order valence-electron chi connectivity index (χ2n) is 4.09. The van der Waals surface area contributed by atoms with E-state index in [1.807, 2.05) is 0 Å². The first-order valence-electron chi connectivity index (χ1n) is 5.18. The van der Waals surface area contributed by atoms with Crippen LogP contribution in [-0.4, -0.2) is 25.2 Å². The molecule has 0 aliphatic heterocycles. The predicted molar refractivity (Wildman–Crippen MR) is 54.7 cm³/mol. The third kappa shape index (κ3) is 5.09. The van der Waals surface area contributed by atoms with Crippen LogP contribution in [0.15, 0.2) is 0 Å². The van der Waals surface area contributed by atoms with Gasteiger partial charge in [0, 0.05) is 27.1 Å². The molecule has 1 fully saturated rings. The van der Waals surface area contributed by atoms with Gasteiger partial charge in [0.05, 0.1) is 7.11 Å². The first-order chi connectivity index (χ1) is 6.63. The van der Waals surface area contributed by atoms with E-state index in [1.54, 1.807) is 0 Å². The molecule has 0 aromatic heterocycles. The van der Waals surface area contributed by atoms with Gasteiger partial charge in [-0.1, -0.05) is 6.42 Å². The third-order valence-corrected chi connectivity index (χ3v) is 2.95. The fourth-order valence-electron chi connectivity index (χ4n) is 2.00. The molecule has 0 aromatic carbocycles. The molecule has 1 unspecified atom stereocenters. The van der Waals surface area contributed by atoms with Crippen molar-refractivity contribution >= 4 is 5.97 Å². The molecule has 4 nitrogen and oxygen atoms in total. The Bertz CT molecular complexity index is 194. The van der Waals surface area contributed by atoms with Gasteiger partial charge < -0.3 is 16.2 Å². The molecule has 0 aromatic rings. The van der Waals surface area contributed by atoms with Gasteiger partial charge in [-0.15, -0.1) is 0 Å². The molecule has 0 bridgehead atoms. The Morgan fingerprint density at radius 2 is 2.00 bits per heavy atom. The first kappa shape index (κ1) is 15.1. The molecule has 15 heavy (non-hydrogen) atoms. The van der Waals surface area contributed by atoms with Crippen LogP contribution in [-0.2, 0) is 30.6 Å². The van der Waals surface area contributed by atoms with Crippen LogP contribution in [0.2, 0.25) is 0 Å². The standard InChI is InChI=1S/C10H19N2O2.W/c1-14-10(13)9(12)6-7-2-4-8(11)5-3-7;/h7-9,12H,2-6,11H2,1H3;/q-1;. The van der Waals surface area contributed by atoms with E-state index in [0.717, 1.165) is 25.7 Å². The molecule has 5 heteroatoms. The smallest absolute Gasteiger partial charge is 0.287 e. The van der Waals surface area contributed by atoms with Crippen molar-refractivity contribution in [1.82, 2.24) is 0 Å². The van der Waals surface area contributed by atoms with Crippen LogP contribution in [0.25, 0.3) is 5.73 Å². The van der Waals surface area contributed by atoms with E-state index in [-0.39, 0.29) is 21.1 Å². The molecule has 1 aliphatic rings. The van der Waals surface area contributed by atoms with Gasteiger partial charge in [-0.25, -0.2) is 0 Å². The van der Waals surface area contributed by atoms with Crippen molar-refractivity contribution in [3.05, 3.63) is 5.73 Å². The Kier molecular flexibility index (Phi) is 7.41. The number of ether oxygens (including phenoxy) is 1. The van der Waals surface area contributed by atoms with Crippen LogP contribution in [0.3, 0.4) is 0 Å². The van der Waals surface area contributed by atoms with Gasteiger partial charge in [0.25, 0.3) is 5.97 Å². The second-order valence-corrected chi connectivity index (χ2v) is 4.09. The Balaban J connectivity index is 0.00000196. The minimum Gasteiger partial charge on any atom is -0.665 e. The van der Waals surface area contributed by atoms with Gasteiger partial charge in [-0.05, 0) is 37.6 Å². The van der Waals surface area contributed by atoms with E-state index in [2.05, 4.69) is 4.74 Å². The number of methoxy groups -OCH3 is 1. The molecule has 1 aliphatic carbocycles. The minimum absolute atomic E-state index is 0. The molecule has 1 atom stereocenters. The van der Waals surface area contributed by atoms with Gasteiger partial charge >= 0.3 is 0 Å². The summed E-state index contributed by atoms with van der Waals surface area (Å²) in [5.74, 6) is 0.0660. The Morgan fingerprint density at radius 1 is 1.47 bits per heavy atom. The molecule has 0 radical (unpaired) electrons. The van der Waals surface area contributed by atoms with Gasteiger partial charge in [-0.2, -0.15) is 0 Å². The van der Waals surface area contributed by atoms with E-state index in [1.165, 1.54) is 7.11 Å². The number of rotatable bonds is 3. The molecule has 3 N–H and O–H groups in total. The van der Waals surface area contributed by atoms with Crippen molar-refractivity contribution in [3.8, 4) is 0 Å². The SMILES string of the molecule is COC(=O)C([NH-])CC1CCC(N)CC1.[W]. The summed E-state index contributed by atoms with van der Waals surface area (Å²) in [6, 6.07) is -0.382. The van der Waals surface area contributed by atoms with E-state index in [4.69, 9.17) is 11.5 Å². The summed E-state index contributed by atoms with van der Waals surface area (Å²) < 4.78 is 4.52. The number of carbonyl (C=O) groups excluding carboxylic acids is 1. The quantitative estimate of drug-likeness (QED) is 0.751. The van der Waals surface area contributed by atoms with Crippen LogP contribution < -0.4 is 5.73 Å². The summed E-state index contributed by atoms with van der Waals surface area (Å²) in [4.78, 5) is 11.0. The number of hydrogen-bond acceptors (Lipinski definition) is 3. The number of carbonyl (C=O) groups is 1. The van der Waals surface area contributed by atoms with Crippen molar-refractivity contribution in [2.75, 3.05) is 7.11 Å². The molecule has 0 saturated heterocycles. The maximum absolute atomic E-state index is 11.0. The van der Waals surface area contributed by atoms with E-state index in [9.17, 15) is 4.79 Å². The van der Waals surface area contributed by atoms with Gasteiger partial charge in [0.15, 0.2) is 0 Å². The van der Waals surface area contributed by atoms with Crippen LogP contribution >= 0.6 is 0 Å². The number of nitrogens with two attached hydrogens (primary N) is 1. The fourth-order valence-corrected chi connectivity index (χ4v) is 2.00. The topological polar surface area (TPSA) is 76.1 Å². The maximum Gasteiger partial charge on any atom is 0.287 e. The molecule has 0 amide bonds. The summed E-state index contributed by atoms with van der Waals surface area (Å²) in [6.45, 7) is 0. The molecule has 88 valence electrons. The van der Waals surface area contributed by atoms with Crippen molar-refractivity contribution in [3.63, 3.8) is 0 Å². The van der Waals surface area contributed by atoms with E-state index in [0.29, 0.717) is 18.4 Å². The summed E-state index contributed by atoms with van der Waals surface area (Å²) in [5.41, 5.74) is 13.3. The Hall–Kier alpha value is 0.0783. The zero-order valence-electron chi connectivity index (χ0n) is 9.07. The van der Waals surface area contributed by atoms with Crippen LogP contribution in [0.1, 0.15) is 32.1 Å². The monoisotopic (exact) mass is 383 g/mol. The first-order valence-corrected chi connectivity index (χ1v) is 5.18. The molecule has 0 spiro atoms. The van der Waals surface area contributed by atoms with Crippen molar-refractivity contribution < 1.29 is 30.6 Å². The fraction of sp³-hybridized carbons (Fsp3) is 0.900. The van der Waals surface area contributed by atoms with E-state index < -0.39 is 12.0 Å². The maximum atomic E-state index is 11.0. The van der Waals surface area contributed by atoms with Gasteiger partial charge in [0.2, 0.25) is 0 Å². The zero-order valence-corrected chi connectivity index (χ0v) is 12.0. The normalized spacial score (nSPS) is 27.7. The zero-order chi connectivity index (χ0) is 10.6. The number of esters is 1. The molecule has 1 rings (SSSR count). The predicted octanol–water partition coefficient (Wildman–Crippen LogP) is 1.49. The molecule has 1 saturated carbocycles. The van der Waals surface area contributed by atoms with Crippen LogP contribution in [0, 0.1) is 5.92 Å². The van der Waals surface area contributed by atoms with Crippen LogP contribution in [0.4, 0.5) is 0 Å². The van der Waals surface area contributed by atoms with Crippen LogP contribution in [0.5, 0.6) is 0 Å². The number of nitrogens with one attached hydrogen (secondary N) is 1. The van der Waals surface area contributed by atoms with Gasteiger partial charge in [0.1, 0.15) is 0 Å². The summed E-state index contributed by atoms with van der Waals surface area (Å²) >= 11 is 0. The largest absolute Gasteiger partial charge is 0.665 e. The summed E-state index contributed by atoms with van der Waals surface area (Å²) in [6.07, 6.45) is 4.78. The molecule has 0 heterocycles. The minimum atomic E-state index is -0.709. The van der Waals surface area contributed by atoms with Crippen molar-refractivity contribution in [2.45, 2.75) is 44.2 Å². The number of hydrogen-bond donors (Lipinski definition) is 1. The Morgan fingerprint density at radius 3 is 2.47 bits per heavy atom. The molecular weight excluding hydrogens is 364 g/mol. The molecular formula is C10H19N2O2W-. The average Bonchev–Trinajstić information content (AvgIpc) is 2.20. The van der Waals surface area contributed by atoms with Crippen molar-refractivity contribution in [2.24, 2.45) is 11.7 Å². The third-order valence-electron chi connectivity index (χ3n) is 2.95. The van der Waals surface area contributed by atoms with E-state index >= 15 is 0 Å². The summed E-state index contributed by atoms with van der Waals surface area (Å²) in [7, 11) is 1.33. The van der Waals surface area contributed by atoms with Crippen molar-refractivity contribution in [1.29, 1.82) is 0 Å². The summed E-state index contributed by atoms with van der Waals surface area (Å²) in [5, 5.41) is 0. The Labute approximate surface area is 105 Å². The average molecular weight is 383 g/mol. The van der Waals surface area contributed by atoms with Gasteiger partial charge in [-0.3, -0.25) is 4.79 Å². The second kappa shape index (κ2) is 7.37.